The van der Waals surface area contributed by atoms with Crippen molar-refractivity contribution in [3.63, 3.8) is 0 Å². The molecule has 0 atom stereocenters. The van der Waals surface area contributed by atoms with Gasteiger partial charge in [-0.05, 0) is 25.8 Å². The van der Waals surface area contributed by atoms with E-state index in [1.165, 1.54) is 25.0 Å². The molecule has 1 aromatic rings. The Morgan fingerprint density at radius 1 is 1.62 bits per heavy atom. The monoisotopic (exact) mass is 179 g/mol. The fourth-order valence-corrected chi connectivity index (χ4v) is 2.38. The maximum Gasteiger partial charge on any atom is 0.0945 e. The Hall–Kier alpha value is -0.830. The van der Waals surface area contributed by atoms with Gasteiger partial charge in [-0.15, -0.1) is 0 Å². The molecule has 1 aliphatic carbocycles. The number of imidazole rings is 1. The summed E-state index contributed by atoms with van der Waals surface area (Å²) in [5.74, 6) is 0. The van der Waals surface area contributed by atoms with Crippen molar-refractivity contribution in [2.24, 2.45) is 12.8 Å². The maximum absolute atomic E-state index is 5.65. The lowest BCUT2D eigenvalue weighted by molar-refractivity contribution is 0.217. The Morgan fingerprint density at radius 2 is 2.38 bits per heavy atom. The first-order valence-corrected chi connectivity index (χ1v) is 4.95. The first-order chi connectivity index (χ1) is 6.28. The first kappa shape index (κ1) is 8.75. The highest BCUT2D eigenvalue weighted by atomic mass is 15.0. The predicted molar refractivity (Wildman–Crippen MR) is 52.4 cm³/mol. The summed E-state index contributed by atoms with van der Waals surface area (Å²) in [6.07, 6.45) is 8.88. The summed E-state index contributed by atoms with van der Waals surface area (Å²) >= 11 is 0. The summed E-state index contributed by atoms with van der Waals surface area (Å²) < 4.78 is 2.13. The van der Waals surface area contributed by atoms with Gasteiger partial charge in [0.05, 0.1) is 6.33 Å². The van der Waals surface area contributed by atoms with Crippen LogP contribution in [0.15, 0.2) is 12.5 Å². The van der Waals surface area contributed by atoms with Crippen LogP contribution in [0.25, 0.3) is 0 Å². The van der Waals surface area contributed by atoms with E-state index in [-0.39, 0.29) is 0 Å². The van der Waals surface area contributed by atoms with Crippen molar-refractivity contribution < 1.29 is 0 Å². The van der Waals surface area contributed by atoms with Gasteiger partial charge in [0.25, 0.3) is 0 Å². The van der Waals surface area contributed by atoms with Crippen molar-refractivity contribution in [2.75, 3.05) is 6.54 Å². The Morgan fingerprint density at radius 3 is 2.77 bits per heavy atom. The van der Waals surface area contributed by atoms with Crippen LogP contribution in [0.2, 0.25) is 0 Å². The number of aryl methyl sites for hydroxylation is 1. The number of nitrogens with two attached hydrogens (primary N) is 1. The van der Waals surface area contributed by atoms with Gasteiger partial charge in [0.1, 0.15) is 0 Å². The summed E-state index contributed by atoms with van der Waals surface area (Å²) in [5.41, 5.74) is 7.38. The largest absolute Gasteiger partial charge is 0.337 e. The zero-order valence-electron chi connectivity index (χ0n) is 8.16. The molecule has 1 saturated carbocycles. The minimum atomic E-state index is 0.361. The third kappa shape index (κ3) is 1.27. The van der Waals surface area contributed by atoms with Crippen LogP contribution in [0.4, 0.5) is 0 Å². The van der Waals surface area contributed by atoms with Gasteiger partial charge in [0.15, 0.2) is 0 Å². The standard InChI is InChI=1S/C10H17N3/c1-13-8-12-7-9(13)10(5-6-11)3-2-4-10/h7-8H,2-6,11H2,1H3. The van der Waals surface area contributed by atoms with E-state index < -0.39 is 0 Å². The van der Waals surface area contributed by atoms with E-state index in [9.17, 15) is 0 Å². The first-order valence-electron chi connectivity index (χ1n) is 4.95. The van der Waals surface area contributed by atoms with E-state index in [1.54, 1.807) is 0 Å². The molecule has 0 spiro atoms. The van der Waals surface area contributed by atoms with Crippen LogP contribution in [0.3, 0.4) is 0 Å². The zero-order chi connectivity index (χ0) is 9.31. The highest BCUT2D eigenvalue weighted by Gasteiger charge is 2.39. The van der Waals surface area contributed by atoms with Crippen LogP contribution in [-0.2, 0) is 12.5 Å². The van der Waals surface area contributed by atoms with Crippen LogP contribution in [0, 0.1) is 0 Å². The van der Waals surface area contributed by atoms with Crippen molar-refractivity contribution in [1.29, 1.82) is 0 Å². The summed E-state index contributed by atoms with van der Waals surface area (Å²) in [5, 5.41) is 0. The molecule has 0 radical (unpaired) electrons. The molecule has 0 aromatic carbocycles. The fraction of sp³-hybridized carbons (Fsp3) is 0.700. The number of hydrogen-bond acceptors (Lipinski definition) is 2. The van der Waals surface area contributed by atoms with Gasteiger partial charge in [-0.25, -0.2) is 4.98 Å². The fourth-order valence-electron chi connectivity index (χ4n) is 2.38. The molecule has 0 unspecified atom stereocenters. The Kier molecular flexibility index (Phi) is 2.12. The van der Waals surface area contributed by atoms with Crippen molar-refractivity contribution >= 4 is 0 Å². The van der Waals surface area contributed by atoms with Crippen molar-refractivity contribution in [1.82, 2.24) is 9.55 Å². The third-order valence-electron chi connectivity index (χ3n) is 3.29. The van der Waals surface area contributed by atoms with E-state index in [2.05, 4.69) is 16.6 Å². The minimum absolute atomic E-state index is 0.361. The molecular formula is C10H17N3. The predicted octanol–water partition coefficient (Wildman–Crippen LogP) is 1.19. The second-order valence-electron chi connectivity index (χ2n) is 4.06. The SMILES string of the molecule is Cn1cncc1C1(CCN)CCC1. The molecule has 1 heterocycles. The highest BCUT2D eigenvalue weighted by molar-refractivity contribution is 5.19. The Balaban J connectivity index is 2.26. The quantitative estimate of drug-likeness (QED) is 0.757. The molecule has 2 N–H and O–H groups in total. The average Bonchev–Trinajstić information content (AvgIpc) is 2.44. The van der Waals surface area contributed by atoms with Gasteiger partial charge in [0.2, 0.25) is 0 Å². The maximum atomic E-state index is 5.65. The van der Waals surface area contributed by atoms with Crippen LogP contribution in [-0.4, -0.2) is 16.1 Å². The molecule has 1 fully saturated rings. The molecule has 1 aliphatic rings. The normalized spacial score (nSPS) is 19.8. The summed E-state index contributed by atoms with van der Waals surface area (Å²) in [6, 6.07) is 0. The van der Waals surface area contributed by atoms with Gasteiger partial charge < -0.3 is 10.3 Å². The lowest BCUT2D eigenvalue weighted by Crippen LogP contribution is -2.37. The van der Waals surface area contributed by atoms with Crippen molar-refractivity contribution in [2.45, 2.75) is 31.1 Å². The molecule has 0 amide bonds. The molecule has 0 aliphatic heterocycles. The third-order valence-corrected chi connectivity index (χ3v) is 3.29. The number of nitrogens with zero attached hydrogens (tertiary/aromatic N) is 2. The topological polar surface area (TPSA) is 43.8 Å². The van der Waals surface area contributed by atoms with E-state index in [0.717, 1.165) is 13.0 Å². The number of rotatable bonds is 3. The Bertz CT molecular complexity index is 286. The average molecular weight is 179 g/mol. The van der Waals surface area contributed by atoms with E-state index >= 15 is 0 Å². The molecule has 2 rings (SSSR count). The highest BCUT2D eigenvalue weighted by Crippen LogP contribution is 2.45. The molecule has 13 heavy (non-hydrogen) atoms. The van der Waals surface area contributed by atoms with Crippen molar-refractivity contribution in [3.8, 4) is 0 Å². The minimum Gasteiger partial charge on any atom is -0.337 e. The molecule has 0 bridgehead atoms. The molecule has 3 nitrogen and oxygen atoms in total. The van der Waals surface area contributed by atoms with Crippen LogP contribution < -0.4 is 5.73 Å². The smallest absolute Gasteiger partial charge is 0.0945 e. The van der Waals surface area contributed by atoms with Crippen LogP contribution in [0.5, 0.6) is 0 Å². The molecule has 3 heteroatoms. The lowest BCUT2D eigenvalue weighted by Gasteiger charge is -2.41. The molecule has 72 valence electrons. The van der Waals surface area contributed by atoms with Gasteiger partial charge in [0, 0.05) is 24.4 Å². The van der Waals surface area contributed by atoms with Gasteiger partial charge in [-0.2, -0.15) is 0 Å². The van der Waals surface area contributed by atoms with Crippen LogP contribution in [0.1, 0.15) is 31.4 Å². The van der Waals surface area contributed by atoms with E-state index in [1.807, 2.05) is 12.5 Å². The summed E-state index contributed by atoms with van der Waals surface area (Å²) in [6.45, 7) is 0.783. The molecule has 1 aromatic heterocycles. The molecule has 0 saturated heterocycles. The van der Waals surface area contributed by atoms with Crippen molar-refractivity contribution in [3.05, 3.63) is 18.2 Å². The zero-order valence-corrected chi connectivity index (χ0v) is 8.16. The van der Waals surface area contributed by atoms with Crippen LogP contribution >= 0.6 is 0 Å². The summed E-state index contributed by atoms with van der Waals surface area (Å²) in [4.78, 5) is 4.17. The van der Waals surface area contributed by atoms with Gasteiger partial charge >= 0.3 is 0 Å². The lowest BCUT2D eigenvalue weighted by atomic mass is 9.64. The summed E-state index contributed by atoms with van der Waals surface area (Å²) in [7, 11) is 2.07. The molecular weight excluding hydrogens is 162 g/mol. The van der Waals surface area contributed by atoms with E-state index in [0.29, 0.717) is 5.41 Å². The van der Waals surface area contributed by atoms with Gasteiger partial charge in [-0.3, -0.25) is 0 Å². The van der Waals surface area contributed by atoms with Gasteiger partial charge in [-0.1, -0.05) is 6.42 Å². The van der Waals surface area contributed by atoms with E-state index in [4.69, 9.17) is 5.73 Å². The second-order valence-corrected chi connectivity index (χ2v) is 4.06. The Labute approximate surface area is 79.0 Å². The number of aromatic nitrogens is 2. The number of hydrogen-bond donors (Lipinski definition) is 1. The second kappa shape index (κ2) is 3.14.